The van der Waals surface area contributed by atoms with E-state index in [4.69, 9.17) is 19.9 Å². The molecule has 4 heterocycles. The number of halogens is 1. The van der Waals surface area contributed by atoms with Crippen LogP contribution in [0.15, 0.2) is 9.53 Å². The fourth-order valence-corrected chi connectivity index (χ4v) is 3.76. The molecule has 0 unspecified atom stereocenters. The molecular formula is C13H16BrN5O5. The second-order valence-corrected chi connectivity index (χ2v) is 6.90. The molecule has 10 nitrogen and oxygen atoms in total. The molecule has 0 aromatic carbocycles. The molecule has 130 valence electrons. The van der Waals surface area contributed by atoms with Crippen molar-refractivity contribution < 1.29 is 19.3 Å². The molecule has 2 aliphatic heterocycles. The SMILES string of the molecule is CC1(C)O[C@H]2[C@H](O1)[C@@H](n1c(Br)nc3c(=O)[nH]c(N)nc31)O[C@H]2CO. The van der Waals surface area contributed by atoms with Crippen molar-refractivity contribution in [2.45, 2.75) is 44.2 Å². The maximum atomic E-state index is 12.0. The maximum Gasteiger partial charge on any atom is 0.280 e. The predicted molar refractivity (Wildman–Crippen MR) is 85.1 cm³/mol. The van der Waals surface area contributed by atoms with Crippen LogP contribution in [0.25, 0.3) is 11.2 Å². The molecule has 2 aromatic rings. The van der Waals surface area contributed by atoms with Crippen molar-refractivity contribution in [2.75, 3.05) is 12.3 Å². The molecule has 2 saturated heterocycles. The van der Waals surface area contributed by atoms with E-state index in [1.807, 2.05) is 0 Å². The molecule has 4 atom stereocenters. The first-order valence-electron chi connectivity index (χ1n) is 7.36. The zero-order valence-electron chi connectivity index (χ0n) is 12.9. The first kappa shape index (κ1) is 16.0. The minimum atomic E-state index is -0.808. The lowest BCUT2D eigenvalue weighted by atomic mass is 10.1. The number of imidazole rings is 1. The Bertz CT molecular complexity index is 864. The molecule has 0 saturated carbocycles. The number of aromatic nitrogens is 4. The predicted octanol–water partition coefficient (Wildman–Crippen LogP) is -0.126. The summed E-state index contributed by atoms with van der Waals surface area (Å²) in [6, 6.07) is 0. The van der Waals surface area contributed by atoms with E-state index in [9.17, 15) is 9.90 Å². The highest BCUT2D eigenvalue weighted by Crippen LogP contribution is 2.44. The van der Waals surface area contributed by atoms with E-state index in [-0.39, 0.29) is 23.7 Å². The Morgan fingerprint density at radius 2 is 2.08 bits per heavy atom. The number of nitrogen functional groups attached to an aromatic ring is 1. The van der Waals surface area contributed by atoms with Crippen LogP contribution < -0.4 is 11.3 Å². The van der Waals surface area contributed by atoms with Gasteiger partial charge in [0.1, 0.15) is 18.3 Å². The van der Waals surface area contributed by atoms with Crippen molar-refractivity contribution in [1.82, 2.24) is 19.5 Å². The zero-order chi connectivity index (χ0) is 17.2. The largest absolute Gasteiger partial charge is 0.394 e. The zero-order valence-corrected chi connectivity index (χ0v) is 14.5. The standard InChI is InChI=1S/C13H16BrN5O5/c1-13(2)23-6-4(3-20)22-10(7(6)24-13)19-8-5(16-11(19)14)9(21)18-12(15)17-8/h4,6-7,10,20H,3H2,1-2H3,(H3,15,17,18,21)/t4-,6+,7-,10-/m0/s1. The Morgan fingerprint density at radius 1 is 1.38 bits per heavy atom. The number of rotatable bonds is 2. The van der Waals surface area contributed by atoms with Gasteiger partial charge < -0.3 is 25.1 Å². The molecule has 4 rings (SSSR count). The quantitative estimate of drug-likeness (QED) is 0.591. The minimum absolute atomic E-state index is 0.0293. The van der Waals surface area contributed by atoms with Crippen molar-refractivity contribution in [1.29, 1.82) is 0 Å². The second kappa shape index (κ2) is 5.23. The van der Waals surface area contributed by atoms with Gasteiger partial charge in [-0.25, -0.2) is 4.98 Å². The Morgan fingerprint density at radius 3 is 2.79 bits per heavy atom. The lowest BCUT2D eigenvalue weighted by Crippen LogP contribution is -2.31. The Balaban J connectivity index is 1.86. The van der Waals surface area contributed by atoms with Gasteiger partial charge in [0.05, 0.1) is 6.61 Å². The van der Waals surface area contributed by atoms with Crippen molar-refractivity contribution >= 4 is 33.0 Å². The fourth-order valence-electron chi connectivity index (χ4n) is 3.21. The van der Waals surface area contributed by atoms with Crippen molar-refractivity contribution in [2.24, 2.45) is 0 Å². The molecule has 0 radical (unpaired) electrons. The van der Waals surface area contributed by atoms with E-state index in [0.29, 0.717) is 4.73 Å². The Labute approximate surface area is 144 Å². The van der Waals surface area contributed by atoms with E-state index < -0.39 is 35.9 Å². The topological polar surface area (TPSA) is 138 Å². The van der Waals surface area contributed by atoms with Gasteiger partial charge in [-0.3, -0.25) is 14.3 Å². The normalized spacial score (nSPS) is 31.7. The molecule has 4 N–H and O–H groups in total. The number of ether oxygens (including phenoxy) is 3. The highest BCUT2D eigenvalue weighted by molar-refractivity contribution is 9.10. The van der Waals surface area contributed by atoms with Gasteiger partial charge in [0, 0.05) is 0 Å². The molecule has 24 heavy (non-hydrogen) atoms. The first-order chi connectivity index (χ1) is 11.3. The number of hydrogen-bond acceptors (Lipinski definition) is 8. The summed E-state index contributed by atoms with van der Waals surface area (Å²) >= 11 is 3.33. The van der Waals surface area contributed by atoms with E-state index in [1.165, 1.54) is 0 Å². The summed E-state index contributed by atoms with van der Waals surface area (Å²) in [5, 5.41) is 9.58. The van der Waals surface area contributed by atoms with Gasteiger partial charge in [0.2, 0.25) is 5.95 Å². The molecule has 2 aliphatic rings. The number of nitrogens with one attached hydrogen (secondary N) is 1. The smallest absolute Gasteiger partial charge is 0.280 e. The van der Waals surface area contributed by atoms with Gasteiger partial charge in [-0.05, 0) is 29.8 Å². The third kappa shape index (κ3) is 2.27. The van der Waals surface area contributed by atoms with Crippen LogP contribution in [0.1, 0.15) is 20.1 Å². The van der Waals surface area contributed by atoms with Gasteiger partial charge in [-0.15, -0.1) is 0 Å². The van der Waals surface area contributed by atoms with Crippen molar-refractivity contribution in [3.63, 3.8) is 0 Å². The van der Waals surface area contributed by atoms with Crippen LogP contribution in [0.4, 0.5) is 5.95 Å². The summed E-state index contributed by atoms with van der Waals surface area (Å²) in [5.41, 5.74) is 5.58. The average Bonchev–Trinajstić information content (AvgIpc) is 3.07. The fraction of sp³-hybridized carbons (Fsp3) is 0.615. The van der Waals surface area contributed by atoms with Crippen LogP contribution in [-0.2, 0) is 14.2 Å². The van der Waals surface area contributed by atoms with Crippen molar-refractivity contribution in [3.8, 4) is 0 Å². The lowest BCUT2D eigenvalue weighted by Gasteiger charge is -2.24. The maximum absolute atomic E-state index is 12.0. The number of nitrogens with zero attached hydrogens (tertiary/aromatic N) is 3. The second-order valence-electron chi connectivity index (χ2n) is 6.19. The molecule has 2 fully saturated rings. The number of aliphatic hydroxyl groups excluding tert-OH is 1. The first-order valence-corrected chi connectivity index (χ1v) is 8.15. The van der Waals surface area contributed by atoms with Crippen LogP contribution >= 0.6 is 15.9 Å². The molecule has 0 amide bonds. The number of hydrogen-bond donors (Lipinski definition) is 3. The van der Waals surface area contributed by atoms with E-state index >= 15 is 0 Å². The van der Waals surface area contributed by atoms with Gasteiger partial charge >= 0.3 is 0 Å². The summed E-state index contributed by atoms with van der Waals surface area (Å²) in [6.07, 6.45) is -2.18. The highest BCUT2D eigenvalue weighted by Gasteiger charge is 2.56. The van der Waals surface area contributed by atoms with Crippen LogP contribution in [-0.4, -0.2) is 55.3 Å². The highest BCUT2D eigenvalue weighted by atomic mass is 79.9. The molecular weight excluding hydrogens is 386 g/mol. The van der Waals surface area contributed by atoms with Crippen LogP contribution in [0.2, 0.25) is 0 Å². The Kier molecular flexibility index (Phi) is 3.48. The molecule has 11 heteroatoms. The van der Waals surface area contributed by atoms with Crippen LogP contribution in [0.3, 0.4) is 0 Å². The molecule has 0 aliphatic carbocycles. The summed E-state index contributed by atoms with van der Waals surface area (Å²) in [7, 11) is 0. The summed E-state index contributed by atoms with van der Waals surface area (Å²) in [5.74, 6) is -0.837. The van der Waals surface area contributed by atoms with Crippen molar-refractivity contribution in [3.05, 3.63) is 15.1 Å². The molecule has 2 aromatic heterocycles. The van der Waals surface area contributed by atoms with Gasteiger partial charge in [-0.1, -0.05) is 0 Å². The number of anilines is 1. The number of H-pyrrole nitrogens is 1. The summed E-state index contributed by atoms with van der Waals surface area (Å²) in [4.78, 5) is 22.8. The average molecular weight is 402 g/mol. The van der Waals surface area contributed by atoms with E-state index in [1.54, 1.807) is 18.4 Å². The number of aromatic amines is 1. The summed E-state index contributed by atoms with van der Waals surface area (Å²) in [6.45, 7) is 3.36. The van der Waals surface area contributed by atoms with Gasteiger partial charge in [0.25, 0.3) is 5.56 Å². The van der Waals surface area contributed by atoms with E-state index in [0.717, 1.165) is 0 Å². The van der Waals surface area contributed by atoms with Gasteiger partial charge in [0.15, 0.2) is 27.9 Å². The van der Waals surface area contributed by atoms with E-state index in [2.05, 4.69) is 30.9 Å². The lowest BCUT2D eigenvalue weighted by molar-refractivity contribution is -0.200. The van der Waals surface area contributed by atoms with Crippen LogP contribution in [0, 0.1) is 0 Å². The number of fused-ring (bicyclic) bond motifs is 2. The third-order valence-electron chi connectivity index (χ3n) is 4.09. The third-order valence-corrected chi connectivity index (χ3v) is 4.64. The molecule has 0 bridgehead atoms. The number of nitrogens with two attached hydrogens (primary N) is 1. The number of aliphatic hydroxyl groups is 1. The van der Waals surface area contributed by atoms with Crippen LogP contribution in [0.5, 0.6) is 0 Å². The summed E-state index contributed by atoms with van der Waals surface area (Å²) < 4.78 is 19.6. The minimum Gasteiger partial charge on any atom is -0.394 e. The molecule has 0 spiro atoms. The monoisotopic (exact) mass is 401 g/mol. The van der Waals surface area contributed by atoms with Gasteiger partial charge in [-0.2, -0.15) is 4.98 Å². The Hall–Kier alpha value is -1.53.